The molecule has 112 valence electrons. The van der Waals surface area contributed by atoms with Crippen LogP contribution in [0, 0.1) is 0 Å². The molecule has 0 unspecified atom stereocenters. The molecule has 0 aromatic carbocycles. The first-order valence-corrected chi connectivity index (χ1v) is 9.23. The number of nitrogens with one attached hydrogen (secondary N) is 1. The molecule has 0 atom stereocenters. The zero-order chi connectivity index (χ0) is 14.8. The second-order valence-electron chi connectivity index (χ2n) is 5.40. The SMILES string of the molecule is c1csc(-c2cnc(NC3CCCC3)nc2-c2nccs2)c1. The predicted octanol–water partition coefficient (Wildman–Crippen LogP) is 4.68. The van der Waals surface area contributed by atoms with E-state index < -0.39 is 0 Å². The van der Waals surface area contributed by atoms with Crippen LogP contribution in [-0.4, -0.2) is 21.0 Å². The molecule has 4 nitrogen and oxygen atoms in total. The molecular formula is C16H16N4S2. The van der Waals surface area contributed by atoms with Gasteiger partial charge in [0, 0.05) is 34.3 Å². The van der Waals surface area contributed by atoms with E-state index >= 15 is 0 Å². The number of nitrogens with zero attached hydrogens (tertiary/aromatic N) is 3. The van der Waals surface area contributed by atoms with Gasteiger partial charge in [0.1, 0.15) is 10.7 Å². The molecule has 3 aromatic rings. The topological polar surface area (TPSA) is 50.7 Å². The number of thiophene rings is 1. The normalized spacial score (nSPS) is 15.3. The van der Waals surface area contributed by atoms with Crippen molar-refractivity contribution in [3.8, 4) is 21.1 Å². The third kappa shape index (κ3) is 2.76. The van der Waals surface area contributed by atoms with Gasteiger partial charge in [-0.2, -0.15) is 0 Å². The van der Waals surface area contributed by atoms with Crippen molar-refractivity contribution in [2.75, 3.05) is 5.32 Å². The minimum atomic E-state index is 0.511. The summed E-state index contributed by atoms with van der Waals surface area (Å²) >= 11 is 3.32. The highest BCUT2D eigenvalue weighted by Gasteiger charge is 2.18. The molecule has 3 heterocycles. The lowest BCUT2D eigenvalue weighted by Gasteiger charge is -2.13. The van der Waals surface area contributed by atoms with Crippen LogP contribution in [-0.2, 0) is 0 Å². The van der Waals surface area contributed by atoms with Crippen molar-refractivity contribution in [2.24, 2.45) is 0 Å². The molecule has 0 saturated heterocycles. The fourth-order valence-corrected chi connectivity index (χ4v) is 4.20. The lowest BCUT2D eigenvalue weighted by molar-refractivity contribution is 0.744. The molecule has 0 bridgehead atoms. The first-order chi connectivity index (χ1) is 10.9. The van der Waals surface area contributed by atoms with Crippen LogP contribution in [0.15, 0.2) is 35.3 Å². The van der Waals surface area contributed by atoms with E-state index in [1.807, 2.05) is 17.8 Å². The van der Waals surface area contributed by atoms with E-state index in [0.29, 0.717) is 6.04 Å². The number of rotatable bonds is 4. The van der Waals surface area contributed by atoms with E-state index in [9.17, 15) is 0 Å². The average molecular weight is 328 g/mol. The number of anilines is 1. The summed E-state index contributed by atoms with van der Waals surface area (Å²) in [4.78, 5) is 14.9. The van der Waals surface area contributed by atoms with Crippen LogP contribution in [0.25, 0.3) is 21.1 Å². The second-order valence-corrected chi connectivity index (χ2v) is 7.24. The molecule has 0 aliphatic heterocycles. The number of thiazole rings is 1. The Morgan fingerprint density at radius 1 is 1.09 bits per heavy atom. The highest BCUT2D eigenvalue weighted by molar-refractivity contribution is 7.14. The minimum Gasteiger partial charge on any atom is -0.351 e. The molecule has 1 aliphatic carbocycles. The molecule has 1 N–H and O–H groups in total. The van der Waals surface area contributed by atoms with Crippen molar-refractivity contribution in [3.63, 3.8) is 0 Å². The first-order valence-electron chi connectivity index (χ1n) is 7.47. The quantitative estimate of drug-likeness (QED) is 0.755. The van der Waals surface area contributed by atoms with E-state index in [1.54, 1.807) is 22.7 Å². The lowest BCUT2D eigenvalue weighted by Crippen LogP contribution is -2.16. The predicted molar refractivity (Wildman–Crippen MR) is 92.3 cm³/mol. The van der Waals surface area contributed by atoms with Crippen LogP contribution in [0.3, 0.4) is 0 Å². The van der Waals surface area contributed by atoms with Crippen LogP contribution in [0.5, 0.6) is 0 Å². The van der Waals surface area contributed by atoms with Gasteiger partial charge in [-0.05, 0) is 24.3 Å². The zero-order valence-electron chi connectivity index (χ0n) is 12.0. The summed E-state index contributed by atoms with van der Waals surface area (Å²) in [7, 11) is 0. The van der Waals surface area contributed by atoms with Gasteiger partial charge in [-0.1, -0.05) is 18.9 Å². The molecular weight excluding hydrogens is 312 g/mol. The summed E-state index contributed by atoms with van der Waals surface area (Å²) < 4.78 is 0. The highest BCUT2D eigenvalue weighted by atomic mass is 32.1. The van der Waals surface area contributed by atoms with E-state index in [0.717, 1.165) is 22.2 Å². The smallest absolute Gasteiger partial charge is 0.223 e. The Labute approximate surface area is 137 Å². The fourth-order valence-electron chi connectivity index (χ4n) is 2.82. The molecule has 1 aliphatic rings. The summed E-state index contributed by atoms with van der Waals surface area (Å²) in [5, 5.41) is 8.48. The standard InChI is InChI=1S/C16H16N4S2/c1-2-5-11(4-1)19-16-18-10-12(13-6-3-8-21-13)14(20-16)15-17-7-9-22-15/h3,6-11H,1-2,4-5H2,(H,18,19,20). The Hall–Kier alpha value is -1.79. The summed E-state index contributed by atoms with van der Waals surface area (Å²) in [6, 6.07) is 4.66. The van der Waals surface area contributed by atoms with E-state index in [-0.39, 0.29) is 0 Å². The van der Waals surface area contributed by atoms with Crippen molar-refractivity contribution in [2.45, 2.75) is 31.7 Å². The highest BCUT2D eigenvalue weighted by Crippen LogP contribution is 2.34. The maximum Gasteiger partial charge on any atom is 0.223 e. The molecule has 0 spiro atoms. The zero-order valence-corrected chi connectivity index (χ0v) is 13.7. The molecule has 0 radical (unpaired) electrons. The van der Waals surface area contributed by atoms with Gasteiger partial charge < -0.3 is 5.32 Å². The largest absolute Gasteiger partial charge is 0.351 e. The van der Waals surface area contributed by atoms with E-state index in [2.05, 4.69) is 32.8 Å². The molecule has 3 aromatic heterocycles. The second kappa shape index (κ2) is 6.14. The summed E-state index contributed by atoms with van der Waals surface area (Å²) in [6.07, 6.45) is 8.76. The van der Waals surface area contributed by atoms with E-state index in [4.69, 9.17) is 4.98 Å². The number of aromatic nitrogens is 3. The van der Waals surface area contributed by atoms with Gasteiger partial charge in [-0.15, -0.1) is 22.7 Å². The summed E-state index contributed by atoms with van der Waals surface area (Å²) in [5.74, 6) is 0.720. The molecule has 0 amide bonds. The Morgan fingerprint density at radius 2 is 2.00 bits per heavy atom. The van der Waals surface area contributed by atoms with Gasteiger partial charge in [-0.3, -0.25) is 0 Å². The van der Waals surface area contributed by atoms with Gasteiger partial charge in [0.25, 0.3) is 0 Å². The van der Waals surface area contributed by atoms with Gasteiger partial charge in [0.2, 0.25) is 5.95 Å². The van der Waals surface area contributed by atoms with Crippen molar-refractivity contribution in [1.82, 2.24) is 15.0 Å². The fraction of sp³-hybridized carbons (Fsp3) is 0.312. The third-order valence-corrected chi connectivity index (χ3v) is 5.58. The van der Waals surface area contributed by atoms with Crippen LogP contribution in [0.1, 0.15) is 25.7 Å². The number of hydrogen-bond acceptors (Lipinski definition) is 6. The molecule has 1 saturated carbocycles. The van der Waals surface area contributed by atoms with E-state index in [1.165, 1.54) is 30.6 Å². The van der Waals surface area contributed by atoms with Gasteiger partial charge in [0.15, 0.2) is 0 Å². The first kappa shape index (κ1) is 13.8. The minimum absolute atomic E-state index is 0.511. The van der Waals surface area contributed by atoms with Gasteiger partial charge in [0.05, 0.1) is 0 Å². The Balaban J connectivity index is 1.73. The van der Waals surface area contributed by atoms with Gasteiger partial charge >= 0.3 is 0 Å². The van der Waals surface area contributed by atoms with Crippen LogP contribution >= 0.6 is 22.7 Å². The summed E-state index contributed by atoms with van der Waals surface area (Å²) in [5.41, 5.74) is 1.98. The van der Waals surface area contributed by atoms with Crippen LogP contribution in [0.2, 0.25) is 0 Å². The van der Waals surface area contributed by atoms with Crippen molar-refractivity contribution >= 4 is 28.6 Å². The molecule has 6 heteroatoms. The molecule has 1 fully saturated rings. The Morgan fingerprint density at radius 3 is 2.73 bits per heavy atom. The monoisotopic (exact) mass is 328 g/mol. The Kier molecular flexibility index (Phi) is 3.86. The number of hydrogen-bond donors (Lipinski definition) is 1. The third-order valence-electron chi connectivity index (χ3n) is 3.90. The van der Waals surface area contributed by atoms with Crippen molar-refractivity contribution in [1.29, 1.82) is 0 Å². The van der Waals surface area contributed by atoms with Crippen LogP contribution < -0.4 is 5.32 Å². The Bertz CT molecular complexity index is 732. The van der Waals surface area contributed by atoms with Crippen LogP contribution in [0.4, 0.5) is 5.95 Å². The van der Waals surface area contributed by atoms with Crippen molar-refractivity contribution in [3.05, 3.63) is 35.3 Å². The summed E-state index contributed by atoms with van der Waals surface area (Å²) in [6.45, 7) is 0. The maximum absolute atomic E-state index is 4.77. The molecule has 4 rings (SSSR count). The maximum atomic E-state index is 4.77. The lowest BCUT2D eigenvalue weighted by atomic mass is 10.2. The van der Waals surface area contributed by atoms with Crippen molar-refractivity contribution < 1.29 is 0 Å². The average Bonchev–Trinajstić information content (AvgIpc) is 3.30. The van der Waals surface area contributed by atoms with Gasteiger partial charge in [-0.25, -0.2) is 15.0 Å². The molecule has 22 heavy (non-hydrogen) atoms.